The number of carbonyl (C=O) groups excluding carboxylic acids is 3. The van der Waals surface area contributed by atoms with Crippen molar-refractivity contribution in [3.05, 3.63) is 101 Å². The van der Waals surface area contributed by atoms with Gasteiger partial charge in [0.25, 0.3) is 11.8 Å². The van der Waals surface area contributed by atoms with Gasteiger partial charge in [-0.25, -0.2) is 0 Å². The minimum absolute atomic E-state index is 0.0575. The van der Waals surface area contributed by atoms with Gasteiger partial charge in [-0.15, -0.1) is 0 Å². The first-order valence-electron chi connectivity index (χ1n) is 17.5. The van der Waals surface area contributed by atoms with Crippen molar-refractivity contribution in [2.24, 2.45) is 5.92 Å². The minimum Gasteiger partial charge on any atom is -0.394 e. The fourth-order valence-corrected chi connectivity index (χ4v) is 8.36. The van der Waals surface area contributed by atoms with E-state index in [9.17, 15) is 24.6 Å². The molecule has 3 fully saturated rings. The lowest BCUT2D eigenvalue weighted by molar-refractivity contribution is -0.139. The quantitative estimate of drug-likeness (QED) is 0.281. The molecule has 4 aliphatic rings. The molecule has 3 atom stereocenters. The van der Waals surface area contributed by atoms with Gasteiger partial charge >= 0.3 is 0 Å². The first-order valence-corrected chi connectivity index (χ1v) is 17.9. The number of hydrogen-bond acceptors (Lipinski definition) is 7. The van der Waals surface area contributed by atoms with Gasteiger partial charge in [-0.05, 0) is 86.8 Å². The Kier molecular flexibility index (Phi) is 9.47. The summed E-state index contributed by atoms with van der Waals surface area (Å²) in [5, 5.41) is 25.5. The number of halogens is 1. The van der Waals surface area contributed by atoms with E-state index >= 15 is 0 Å². The molecule has 4 aliphatic heterocycles. The van der Waals surface area contributed by atoms with Crippen molar-refractivity contribution in [2.45, 2.75) is 62.8 Å². The molecule has 1 spiro atoms. The number of nitrogens with zero attached hydrogens (tertiary/aromatic N) is 4. The first kappa shape index (κ1) is 34.2. The summed E-state index contributed by atoms with van der Waals surface area (Å²) in [4.78, 5) is 48.4. The molecule has 3 N–H and O–H groups in total. The molecule has 11 heteroatoms. The van der Waals surface area contributed by atoms with Crippen LogP contribution in [0.4, 0.5) is 17.1 Å². The van der Waals surface area contributed by atoms with Crippen LogP contribution in [-0.2, 0) is 26.5 Å². The summed E-state index contributed by atoms with van der Waals surface area (Å²) in [6.45, 7) is 4.54. The average molecular weight is 698 g/mol. The number of hydrogen-bond donors (Lipinski definition) is 3. The van der Waals surface area contributed by atoms with Gasteiger partial charge in [0.2, 0.25) is 5.91 Å². The molecule has 10 nitrogen and oxygen atoms in total. The smallest absolute Gasteiger partial charge is 0.264 e. The number of piperidine rings is 1. The van der Waals surface area contributed by atoms with Crippen molar-refractivity contribution in [3.63, 3.8) is 0 Å². The van der Waals surface area contributed by atoms with Crippen molar-refractivity contribution >= 4 is 46.4 Å². The maximum atomic E-state index is 14.1. The number of benzene rings is 3. The highest BCUT2D eigenvalue weighted by Gasteiger charge is 2.54. The second-order valence-electron chi connectivity index (χ2n) is 13.9. The monoisotopic (exact) mass is 697 g/mol. The predicted molar refractivity (Wildman–Crippen MR) is 194 cm³/mol. The normalized spacial score (nSPS) is 23.8. The van der Waals surface area contributed by atoms with Crippen molar-refractivity contribution in [2.75, 3.05) is 47.6 Å². The molecule has 3 aromatic carbocycles. The highest BCUT2D eigenvalue weighted by atomic mass is 35.5. The van der Waals surface area contributed by atoms with Crippen LogP contribution in [0.25, 0.3) is 0 Å². The van der Waals surface area contributed by atoms with Crippen LogP contribution in [0.15, 0.2) is 84.9 Å². The molecular formula is C39H44ClN5O5. The maximum absolute atomic E-state index is 14.1. The van der Waals surface area contributed by atoms with E-state index in [1.807, 2.05) is 47.4 Å². The molecule has 50 heavy (non-hydrogen) atoms. The lowest BCUT2D eigenvalue weighted by atomic mass is 9.83. The van der Waals surface area contributed by atoms with Crippen molar-refractivity contribution < 1.29 is 24.6 Å². The van der Waals surface area contributed by atoms with Gasteiger partial charge in [0.1, 0.15) is 5.54 Å². The molecule has 0 saturated carbocycles. The maximum Gasteiger partial charge on any atom is 0.264 e. The molecule has 0 bridgehead atoms. The van der Waals surface area contributed by atoms with Crippen LogP contribution in [0.5, 0.6) is 0 Å². The van der Waals surface area contributed by atoms with Crippen LogP contribution in [0, 0.1) is 5.92 Å². The lowest BCUT2D eigenvalue weighted by Gasteiger charge is -2.39. The second-order valence-corrected chi connectivity index (χ2v) is 14.3. The highest BCUT2D eigenvalue weighted by molar-refractivity contribution is 6.31. The van der Waals surface area contributed by atoms with Crippen molar-refractivity contribution in [3.8, 4) is 0 Å². The Bertz CT molecular complexity index is 1780. The zero-order valence-electron chi connectivity index (χ0n) is 28.3. The molecule has 3 saturated heterocycles. The van der Waals surface area contributed by atoms with Gasteiger partial charge < -0.3 is 30.2 Å². The average Bonchev–Trinajstić information content (AvgIpc) is 3.79. The van der Waals surface area contributed by atoms with Gasteiger partial charge in [0.05, 0.1) is 31.5 Å². The summed E-state index contributed by atoms with van der Waals surface area (Å²) >= 11 is 6.38. The van der Waals surface area contributed by atoms with E-state index in [1.54, 1.807) is 47.1 Å². The fourth-order valence-electron chi connectivity index (χ4n) is 8.19. The third-order valence-corrected chi connectivity index (χ3v) is 11.3. The van der Waals surface area contributed by atoms with Crippen LogP contribution >= 0.6 is 11.6 Å². The van der Waals surface area contributed by atoms with E-state index in [0.29, 0.717) is 29.5 Å². The van der Waals surface area contributed by atoms with E-state index in [2.05, 4.69) is 22.3 Å². The Morgan fingerprint density at radius 1 is 1.02 bits per heavy atom. The lowest BCUT2D eigenvalue weighted by Crippen LogP contribution is -2.55. The summed E-state index contributed by atoms with van der Waals surface area (Å²) in [7, 11) is 0. The summed E-state index contributed by atoms with van der Waals surface area (Å²) in [6, 6.07) is 22.7. The Morgan fingerprint density at radius 2 is 1.76 bits per heavy atom. The number of anilines is 3. The second kappa shape index (κ2) is 13.8. The largest absolute Gasteiger partial charge is 0.394 e. The van der Waals surface area contributed by atoms with E-state index in [-0.39, 0.29) is 37.4 Å². The number of aliphatic hydroxyl groups is 2. The topological polar surface area (TPSA) is 117 Å². The number of carbonyl (C=O) groups is 3. The van der Waals surface area contributed by atoms with Gasteiger partial charge in [-0.1, -0.05) is 61.0 Å². The van der Waals surface area contributed by atoms with Gasteiger partial charge in [-0.2, -0.15) is 0 Å². The van der Waals surface area contributed by atoms with Crippen molar-refractivity contribution in [1.29, 1.82) is 0 Å². The number of likely N-dealkylation sites (tertiary alicyclic amines) is 1. The third-order valence-electron chi connectivity index (χ3n) is 11.0. The summed E-state index contributed by atoms with van der Waals surface area (Å²) in [5.41, 5.74) is 1.17. The zero-order valence-corrected chi connectivity index (χ0v) is 29.1. The van der Waals surface area contributed by atoms with Crippen LogP contribution in [-0.4, -0.2) is 77.3 Å². The number of aliphatic hydroxyl groups excluding tert-OH is 1. The molecule has 3 amide bonds. The van der Waals surface area contributed by atoms with Gasteiger partial charge in [0.15, 0.2) is 5.60 Å². The van der Waals surface area contributed by atoms with Crippen LogP contribution in [0.3, 0.4) is 0 Å². The van der Waals surface area contributed by atoms with E-state index in [4.69, 9.17) is 11.6 Å². The number of nitrogens with one attached hydrogen (secondary N) is 1. The summed E-state index contributed by atoms with van der Waals surface area (Å²) in [6.07, 6.45) is 6.63. The minimum atomic E-state index is -1.88. The SMILES string of the molecule is C[C@H](/C=C/CC(=O)N1CCC[C@H]1CO)[C@@]1(O)C(=O)N(Cc2ccc(N3CN(c4ccccc4)C4(CCNCC4)C3=O)cc2)c2ccc(Cl)cc21. The number of fused-ring (bicyclic) bond motifs is 1. The molecule has 0 aromatic heterocycles. The highest BCUT2D eigenvalue weighted by Crippen LogP contribution is 2.47. The number of rotatable bonds is 9. The first-order chi connectivity index (χ1) is 24.2. The van der Waals surface area contributed by atoms with Crippen LogP contribution < -0.4 is 20.0 Å². The van der Waals surface area contributed by atoms with E-state index in [1.165, 1.54) is 0 Å². The predicted octanol–water partition coefficient (Wildman–Crippen LogP) is 4.57. The Morgan fingerprint density at radius 3 is 2.48 bits per heavy atom. The Labute approximate surface area is 297 Å². The van der Waals surface area contributed by atoms with Crippen LogP contribution in [0.1, 0.15) is 50.2 Å². The molecule has 0 aliphatic carbocycles. The summed E-state index contributed by atoms with van der Waals surface area (Å²) in [5.74, 6) is -1.12. The molecular weight excluding hydrogens is 654 g/mol. The van der Waals surface area contributed by atoms with E-state index < -0.39 is 23.0 Å². The molecule has 0 unspecified atom stereocenters. The standard InChI is InChI=1S/C39H44ClN5O5/c1-27(7-5-11-35(47)42-22-6-10-32(42)25-46)39(50)33-23-29(40)14-17-34(33)43(37(39)49)24-28-12-15-30(16-13-28)44-26-45(31-8-3-2-4-9-31)38(36(44)48)18-20-41-21-19-38/h2-5,7-9,12-17,23,27,32,41,46,50H,6,10-11,18-22,24-26H2,1H3/b7-5+/t27-,32+,39+/m1/s1. The van der Waals surface area contributed by atoms with Gasteiger partial charge in [-0.3, -0.25) is 19.3 Å². The molecule has 7 rings (SSSR count). The molecule has 0 radical (unpaired) electrons. The third kappa shape index (κ3) is 5.88. The fraction of sp³-hybridized carbons (Fsp3) is 0.410. The Hall–Kier alpha value is -4.22. The molecule has 3 aromatic rings. The van der Waals surface area contributed by atoms with E-state index in [0.717, 1.165) is 55.7 Å². The van der Waals surface area contributed by atoms with Gasteiger partial charge in [0, 0.05) is 40.8 Å². The van der Waals surface area contributed by atoms with Crippen LogP contribution in [0.2, 0.25) is 5.02 Å². The molecule has 4 heterocycles. The molecule has 262 valence electrons. The number of amides is 3. The zero-order chi connectivity index (χ0) is 35.0. The summed E-state index contributed by atoms with van der Waals surface area (Å²) < 4.78 is 0. The Balaban J connectivity index is 1.09. The number of para-hydroxylation sites is 1. The van der Waals surface area contributed by atoms with Crippen molar-refractivity contribution in [1.82, 2.24) is 10.2 Å².